The molecule has 35 heavy (non-hydrogen) atoms. The smallest absolute Gasteiger partial charge is 0.270 e. The van der Waals surface area contributed by atoms with E-state index in [1.807, 2.05) is 56.3 Å². The van der Waals surface area contributed by atoms with Crippen LogP contribution in [0.4, 0.5) is 11.4 Å². The lowest BCUT2D eigenvalue weighted by Crippen LogP contribution is -2.39. The van der Waals surface area contributed by atoms with Crippen LogP contribution in [0, 0.1) is 13.8 Å². The topological polar surface area (TPSA) is 84.9 Å². The van der Waals surface area contributed by atoms with Gasteiger partial charge in [0.05, 0.1) is 26.5 Å². The van der Waals surface area contributed by atoms with Crippen LogP contribution in [0.5, 0.6) is 11.5 Å². The molecule has 1 amide bonds. The van der Waals surface area contributed by atoms with Crippen molar-refractivity contribution in [1.82, 2.24) is 0 Å². The molecule has 0 saturated heterocycles. The van der Waals surface area contributed by atoms with E-state index in [9.17, 15) is 13.2 Å². The summed E-state index contributed by atoms with van der Waals surface area (Å²) in [6.45, 7) is 5.52. The number of carbonyl (C=O) groups is 1. The molecule has 0 aromatic heterocycles. The first-order chi connectivity index (χ1) is 16.7. The number of nitrogens with zero attached hydrogens (tertiary/aromatic N) is 1. The molecule has 1 aliphatic heterocycles. The third-order valence-electron chi connectivity index (χ3n) is 6.07. The summed E-state index contributed by atoms with van der Waals surface area (Å²) in [5, 5.41) is 2.80. The molecule has 7 nitrogen and oxygen atoms in total. The number of amides is 1. The molecule has 8 heteroatoms. The van der Waals surface area contributed by atoms with Gasteiger partial charge < -0.3 is 14.8 Å². The van der Waals surface area contributed by atoms with Gasteiger partial charge in [-0.1, -0.05) is 48.0 Å². The van der Waals surface area contributed by atoms with E-state index in [1.165, 1.54) is 18.5 Å². The van der Waals surface area contributed by atoms with E-state index in [0.717, 1.165) is 16.7 Å². The third kappa shape index (κ3) is 4.49. The summed E-state index contributed by atoms with van der Waals surface area (Å²) < 4.78 is 40.1. The maximum absolute atomic E-state index is 14.0. The first-order valence-corrected chi connectivity index (χ1v) is 12.5. The number of benzene rings is 3. The van der Waals surface area contributed by atoms with Crippen molar-refractivity contribution < 1.29 is 22.7 Å². The quantitative estimate of drug-likeness (QED) is 0.521. The molecule has 0 spiro atoms. The molecule has 0 bridgehead atoms. The predicted molar refractivity (Wildman–Crippen MR) is 138 cm³/mol. The van der Waals surface area contributed by atoms with E-state index >= 15 is 0 Å². The van der Waals surface area contributed by atoms with E-state index in [-0.39, 0.29) is 11.4 Å². The second-order valence-electron chi connectivity index (χ2n) is 8.45. The van der Waals surface area contributed by atoms with E-state index in [4.69, 9.17) is 9.47 Å². The Bertz CT molecular complexity index is 1430. The van der Waals surface area contributed by atoms with Crippen molar-refractivity contribution in [3.05, 3.63) is 87.8 Å². The van der Waals surface area contributed by atoms with E-state index in [2.05, 4.69) is 5.32 Å². The second-order valence-corrected chi connectivity index (χ2v) is 10.2. The molecule has 0 aliphatic carbocycles. The van der Waals surface area contributed by atoms with Gasteiger partial charge in [-0.25, -0.2) is 8.42 Å². The van der Waals surface area contributed by atoms with Crippen molar-refractivity contribution in [2.45, 2.75) is 27.3 Å². The SMILES string of the molecule is COc1cc2c(cc1OC)N(Cc1ccccc1)S(=O)(=O)C(C(=O)Nc1ccc(C)cc1C)=C2C. The number of aryl methyl sites for hydroxylation is 2. The van der Waals surface area contributed by atoms with Crippen molar-refractivity contribution in [3.63, 3.8) is 0 Å². The van der Waals surface area contributed by atoms with Gasteiger partial charge in [-0.15, -0.1) is 0 Å². The maximum atomic E-state index is 14.0. The first-order valence-electron chi connectivity index (χ1n) is 11.1. The van der Waals surface area contributed by atoms with Crippen LogP contribution >= 0.6 is 0 Å². The number of allylic oxidation sites excluding steroid dienone is 1. The van der Waals surface area contributed by atoms with Crippen molar-refractivity contribution >= 4 is 32.9 Å². The minimum atomic E-state index is -4.21. The highest BCUT2D eigenvalue weighted by Gasteiger charge is 2.40. The van der Waals surface area contributed by atoms with E-state index in [1.54, 1.807) is 25.1 Å². The Kier molecular flexibility index (Phi) is 6.58. The summed E-state index contributed by atoms with van der Waals surface area (Å²) in [5.41, 5.74) is 4.58. The maximum Gasteiger partial charge on any atom is 0.270 e. The number of nitrogens with one attached hydrogen (secondary N) is 1. The van der Waals surface area contributed by atoms with Gasteiger partial charge >= 0.3 is 0 Å². The zero-order valence-corrected chi connectivity index (χ0v) is 21.2. The molecule has 0 atom stereocenters. The van der Waals surface area contributed by atoms with E-state index in [0.29, 0.717) is 34.0 Å². The highest BCUT2D eigenvalue weighted by Crippen LogP contribution is 2.45. The Labute approximate surface area is 206 Å². The molecule has 0 unspecified atom stereocenters. The first kappa shape index (κ1) is 24.3. The van der Waals surface area contributed by atoms with Crippen LogP contribution in [0.3, 0.4) is 0 Å². The van der Waals surface area contributed by atoms with Crippen LogP contribution in [0.25, 0.3) is 5.57 Å². The predicted octanol–water partition coefficient (Wildman–Crippen LogP) is 5.04. The zero-order chi connectivity index (χ0) is 25.3. The van der Waals surface area contributed by atoms with Gasteiger partial charge in [-0.05, 0) is 49.6 Å². The molecule has 0 fully saturated rings. The summed E-state index contributed by atoms with van der Waals surface area (Å²) in [6.07, 6.45) is 0. The lowest BCUT2D eigenvalue weighted by Gasteiger charge is -2.33. The summed E-state index contributed by atoms with van der Waals surface area (Å²) in [4.78, 5) is 13.2. The molecule has 3 aromatic carbocycles. The fourth-order valence-electron chi connectivity index (χ4n) is 4.27. The molecule has 4 rings (SSSR count). The van der Waals surface area contributed by atoms with Gasteiger partial charge in [0, 0.05) is 17.3 Å². The van der Waals surface area contributed by atoms with Crippen LogP contribution in [-0.2, 0) is 21.4 Å². The highest BCUT2D eigenvalue weighted by atomic mass is 32.2. The van der Waals surface area contributed by atoms with Gasteiger partial charge in [-0.2, -0.15) is 0 Å². The minimum absolute atomic E-state index is 0.0548. The Hall–Kier alpha value is -3.78. The van der Waals surface area contributed by atoms with Crippen LogP contribution < -0.4 is 19.1 Å². The normalized spacial score (nSPS) is 14.4. The van der Waals surface area contributed by atoms with Crippen LogP contribution in [0.2, 0.25) is 0 Å². The molecule has 3 aromatic rings. The third-order valence-corrected chi connectivity index (χ3v) is 7.98. The average Bonchev–Trinajstić information content (AvgIpc) is 2.83. The average molecular weight is 493 g/mol. The van der Waals surface area contributed by atoms with E-state index < -0.39 is 15.9 Å². The van der Waals surface area contributed by atoms with Crippen molar-refractivity contribution in [2.75, 3.05) is 23.8 Å². The van der Waals surface area contributed by atoms with Crippen molar-refractivity contribution in [2.24, 2.45) is 0 Å². The summed E-state index contributed by atoms with van der Waals surface area (Å²) in [6, 6.07) is 18.2. The van der Waals surface area contributed by atoms with Crippen molar-refractivity contribution in [3.8, 4) is 11.5 Å². The van der Waals surface area contributed by atoms with Crippen LogP contribution in [0.15, 0.2) is 65.6 Å². The number of anilines is 2. The lowest BCUT2D eigenvalue weighted by molar-refractivity contribution is -0.112. The summed E-state index contributed by atoms with van der Waals surface area (Å²) in [7, 11) is -1.20. The summed E-state index contributed by atoms with van der Waals surface area (Å²) >= 11 is 0. The molecular formula is C27H28N2O5S. The number of hydrogen-bond donors (Lipinski definition) is 1. The fourth-order valence-corrected chi connectivity index (χ4v) is 6.00. The van der Waals surface area contributed by atoms with Gasteiger partial charge in [0.15, 0.2) is 16.4 Å². The van der Waals surface area contributed by atoms with Crippen LogP contribution in [-0.4, -0.2) is 28.5 Å². The Balaban J connectivity index is 1.89. The van der Waals surface area contributed by atoms with Gasteiger partial charge in [-0.3, -0.25) is 9.10 Å². The standard InChI is InChI=1S/C27H28N2O5S/c1-17-11-12-22(18(2)13-17)28-27(30)26-19(3)21-14-24(33-4)25(34-5)15-23(21)29(35(26,31)32)16-20-9-7-6-8-10-20/h6-15H,16H2,1-5H3,(H,28,30). The molecule has 182 valence electrons. The second kappa shape index (κ2) is 9.46. The molecule has 0 saturated carbocycles. The molecule has 0 radical (unpaired) electrons. The number of hydrogen-bond acceptors (Lipinski definition) is 5. The fraction of sp³-hybridized carbons (Fsp3) is 0.222. The molecular weight excluding hydrogens is 464 g/mol. The van der Waals surface area contributed by atoms with Crippen LogP contribution in [0.1, 0.15) is 29.2 Å². The zero-order valence-electron chi connectivity index (χ0n) is 20.4. The number of rotatable bonds is 6. The monoisotopic (exact) mass is 492 g/mol. The number of ether oxygens (including phenoxy) is 2. The Morgan fingerprint density at radius 1 is 0.914 bits per heavy atom. The van der Waals surface area contributed by atoms with Crippen molar-refractivity contribution in [1.29, 1.82) is 0 Å². The Morgan fingerprint density at radius 2 is 1.57 bits per heavy atom. The Morgan fingerprint density at radius 3 is 2.20 bits per heavy atom. The highest BCUT2D eigenvalue weighted by molar-refractivity contribution is 7.97. The minimum Gasteiger partial charge on any atom is -0.493 e. The van der Waals surface area contributed by atoms with Gasteiger partial charge in [0.25, 0.3) is 15.9 Å². The molecule has 1 aliphatic rings. The lowest BCUT2D eigenvalue weighted by atomic mass is 10.0. The molecule has 1 N–H and O–H groups in total. The number of sulfonamides is 1. The summed E-state index contributed by atoms with van der Waals surface area (Å²) in [5.74, 6) is 0.155. The number of fused-ring (bicyclic) bond motifs is 1. The number of methoxy groups -OCH3 is 2. The molecule has 1 heterocycles. The largest absolute Gasteiger partial charge is 0.493 e. The van der Waals surface area contributed by atoms with Gasteiger partial charge in [0.1, 0.15) is 0 Å². The van der Waals surface area contributed by atoms with Gasteiger partial charge in [0.2, 0.25) is 0 Å². The number of carbonyl (C=O) groups excluding carboxylic acids is 1.